The Labute approximate surface area is 786 Å². The van der Waals surface area contributed by atoms with Crippen molar-refractivity contribution in [2.75, 3.05) is 54.9 Å². The molecule has 35 heteroatoms. The molecule has 15 rings (SSSR count). The van der Waals surface area contributed by atoms with E-state index < -0.39 is 124 Å². The van der Waals surface area contributed by atoms with Crippen molar-refractivity contribution in [1.29, 1.82) is 0 Å². The molecule has 3 atom stereocenters. The molecule has 0 amide bonds. The van der Waals surface area contributed by atoms with Gasteiger partial charge in [0.15, 0.2) is 40.2 Å². The number of Topliss-reactive ketones (excluding diaryl/α,β-unsaturated/α-hetero) is 4. The maximum absolute atomic E-state index is 14.2. The first-order valence-electron chi connectivity index (χ1n) is 45.1. The van der Waals surface area contributed by atoms with Crippen molar-refractivity contribution in [3.8, 4) is 33.4 Å². The first-order valence-corrected chi connectivity index (χ1v) is 45.1. The summed E-state index contributed by atoms with van der Waals surface area (Å²) < 4.78 is 217. The van der Waals surface area contributed by atoms with Crippen molar-refractivity contribution in [2.24, 2.45) is 5.73 Å². The third-order valence-corrected chi connectivity index (χ3v) is 24.0. The number of hydrogen-bond acceptors (Lipinski definition) is 16. The van der Waals surface area contributed by atoms with E-state index in [1.54, 1.807) is 97.2 Å². The summed E-state index contributed by atoms with van der Waals surface area (Å²) in [6, 6.07) is 39.4. The van der Waals surface area contributed by atoms with Crippen LogP contribution in [0.5, 0.6) is 0 Å². The molecule has 728 valence electrons. The van der Waals surface area contributed by atoms with Crippen molar-refractivity contribution in [2.45, 2.75) is 184 Å². The number of methoxy groups -OCH3 is 1. The van der Waals surface area contributed by atoms with Gasteiger partial charge in [-0.1, -0.05) is 60.7 Å². The van der Waals surface area contributed by atoms with Crippen LogP contribution in [0.25, 0.3) is 33.4 Å². The van der Waals surface area contributed by atoms with Crippen molar-refractivity contribution < 1.29 is 104 Å². The summed E-state index contributed by atoms with van der Waals surface area (Å²) >= 11 is 0. The standard InChI is InChI=1S/C36H37F5N4O2.C32H28F5N3O3.C31H26F5N3O3.C4H12N2/c1-44(2)15-7-13-33(47)25-9-5-8-24(19-25)30-11-6-14-42-34(30)26(16-23-17-27(37)21-28(38)18-23)20-29(46)22-45-32-12-4-3-10-31(32)35(43-45)36(39,40)41;1-43-31(42)21-7-4-6-20(15-21)26-9-5-11-38-29(26)22(12-19-13-23(33)17-24(34)14-19)16-25(41)18-40-28-10-3-2-8-27(28)30(39-40)32(35,36)37;32-22-12-18(13-23(33)16-22)11-21(28-25(8-4-10-37-28)19-5-3-6-20(14-19)30(41)42)15-24(40)17-39-27-9-2-1-7-26(27)29(38-39)31(34,35)36;1-6(2)4-3-5/h5-6,8-9,11,14,17-19,21,26H,3-4,7,10,12-13,15-16,20,22H2,1-2H3;4-7,9,11,13-15,17,22H,2-3,8,10,12,16,18H2,1H3;3-6,8,10,12-14,16,21H,1-2,7,9,11,15,17H2,(H,41,42);3-5H2,1-2H3/t26-;22-;21-;/m111./s1. The van der Waals surface area contributed by atoms with Crippen LogP contribution in [0.2, 0.25) is 0 Å². The third-order valence-electron chi connectivity index (χ3n) is 24.0. The second-order valence-electron chi connectivity index (χ2n) is 34.9. The number of benzene rings is 6. The van der Waals surface area contributed by atoms with Crippen LogP contribution in [0.4, 0.5) is 65.9 Å². The maximum atomic E-state index is 14.2. The minimum absolute atomic E-state index is 0.00588. The Morgan fingerprint density at radius 2 is 0.710 bits per heavy atom. The number of esters is 1. The molecule has 0 saturated carbocycles. The van der Waals surface area contributed by atoms with Crippen LogP contribution < -0.4 is 5.73 Å². The highest BCUT2D eigenvalue weighted by atomic mass is 19.4. The quantitative estimate of drug-likeness (QED) is 0.0220. The number of hydrogen-bond donors (Lipinski definition) is 2. The number of carbonyl (C=O) groups excluding carboxylic acids is 5. The number of carbonyl (C=O) groups is 6. The van der Waals surface area contributed by atoms with Gasteiger partial charge >= 0.3 is 30.5 Å². The number of nitrogens with two attached hydrogens (primary N) is 1. The van der Waals surface area contributed by atoms with Crippen LogP contribution in [-0.2, 0) is 115 Å². The van der Waals surface area contributed by atoms with Gasteiger partial charge in [-0.15, -0.1) is 0 Å². The van der Waals surface area contributed by atoms with Gasteiger partial charge in [0.2, 0.25) is 0 Å². The topological polar surface area (TPSA) is 257 Å². The highest BCUT2D eigenvalue weighted by Crippen LogP contribution is 2.43. The van der Waals surface area contributed by atoms with Crippen LogP contribution in [0.3, 0.4) is 0 Å². The largest absolute Gasteiger partial charge is 0.478 e. The van der Waals surface area contributed by atoms with Gasteiger partial charge in [0, 0.05) is 149 Å². The first-order chi connectivity index (χ1) is 65.7. The third kappa shape index (κ3) is 27.9. The lowest BCUT2D eigenvalue weighted by atomic mass is 9.86. The average Bonchev–Trinajstić information content (AvgIpc) is 1.63. The summed E-state index contributed by atoms with van der Waals surface area (Å²) in [6.07, 6.45) is -2.98. The second-order valence-corrected chi connectivity index (χ2v) is 34.9. The van der Waals surface area contributed by atoms with Crippen LogP contribution in [0, 0.1) is 34.9 Å². The fraction of sp³-hybridized carbons (Fsp3) is 0.359. The Hall–Kier alpha value is -13.2. The minimum Gasteiger partial charge on any atom is -0.478 e. The monoisotopic (exact) mass is 1920 g/mol. The van der Waals surface area contributed by atoms with E-state index in [4.69, 9.17) is 10.5 Å². The molecule has 0 spiro atoms. The molecule has 0 aliphatic heterocycles. The average molecular weight is 1920 g/mol. The van der Waals surface area contributed by atoms with Gasteiger partial charge in [0.1, 0.15) is 34.9 Å². The lowest BCUT2D eigenvalue weighted by Crippen LogP contribution is -2.20. The molecule has 3 N–H and O–H groups in total. The zero-order chi connectivity index (χ0) is 99.5. The SMILES string of the molecule is CN(C)CCCC(=O)c1cccc(-c2cccnc2[C@@H](CC(=O)Cn2nc(C(F)(F)F)c3c2CCCC3)Cc2cc(F)cc(F)c2)c1.CN(C)CCN.COC(=O)c1cccc(-c2cccnc2[C@@H](CC(=O)Cn2nc(C(F)(F)F)c3c2CCCC3)Cc2cc(F)cc(F)c2)c1.O=C(C[C@@H](Cc1cc(F)cc(F)c1)c1ncccc1-c1cccc(C(=O)O)c1)Cn1nc(C(F)(F)F)c2c1CCCC2. The van der Waals surface area contributed by atoms with Gasteiger partial charge in [-0.25, -0.2) is 35.9 Å². The Balaban J connectivity index is 0.000000180. The molecule has 12 aromatic rings. The minimum atomic E-state index is -4.65. The summed E-state index contributed by atoms with van der Waals surface area (Å²) in [4.78, 5) is 95.0. The van der Waals surface area contributed by atoms with E-state index in [-0.39, 0.29) is 110 Å². The number of pyridine rings is 3. The number of aromatic carboxylic acids is 1. The van der Waals surface area contributed by atoms with Gasteiger partial charge in [0.05, 0.1) is 55.0 Å². The predicted molar refractivity (Wildman–Crippen MR) is 486 cm³/mol. The number of alkyl halides is 9. The van der Waals surface area contributed by atoms with E-state index in [0.29, 0.717) is 155 Å². The molecule has 0 radical (unpaired) electrons. The summed E-state index contributed by atoms with van der Waals surface area (Å²) in [5, 5.41) is 20.9. The number of halogens is 15. The second kappa shape index (κ2) is 46.8. The molecule has 6 aromatic heterocycles. The number of nitrogens with zero attached hydrogens (tertiary/aromatic N) is 11. The van der Waals surface area contributed by atoms with Gasteiger partial charge in [-0.05, 0) is 256 Å². The van der Waals surface area contributed by atoms with Gasteiger partial charge < -0.3 is 25.4 Å². The summed E-state index contributed by atoms with van der Waals surface area (Å²) in [6.45, 7) is 1.36. The Kier molecular flexibility index (Phi) is 35.2. The number of fused-ring (bicyclic) bond motifs is 3. The first kappa shape index (κ1) is 104. The Morgan fingerprint density at radius 1 is 0.406 bits per heavy atom. The van der Waals surface area contributed by atoms with Crippen LogP contribution in [0.15, 0.2) is 182 Å². The highest BCUT2D eigenvalue weighted by Gasteiger charge is 2.43. The number of aromatic nitrogens is 9. The molecule has 20 nitrogen and oxygen atoms in total. The number of ketones is 4. The normalized spacial score (nSPS) is 13.7. The number of ether oxygens (including phenoxy) is 1. The lowest BCUT2D eigenvalue weighted by Gasteiger charge is -2.20. The molecule has 6 aromatic carbocycles. The molecule has 0 unspecified atom stereocenters. The summed E-state index contributed by atoms with van der Waals surface area (Å²) in [5.74, 6) is -9.76. The molecule has 0 saturated heterocycles. The zero-order valence-electron chi connectivity index (χ0n) is 76.4. The van der Waals surface area contributed by atoms with Crippen LogP contribution in [0.1, 0.15) is 204 Å². The molecule has 0 bridgehead atoms. The van der Waals surface area contributed by atoms with E-state index in [1.165, 1.54) is 60.6 Å². The fourth-order valence-corrected chi connectivity index (χ4v) is 18.0. The number of likely N-dealkylation sites (N-methyl/N-ethyl adjacent to an activating group) is 1. The number of carboxylic acid groups (broad SMARTS) is 1. The van der Waals surface area contributed by atoms with Crippen molar-refractivity contribution in [3.05, 3.63) is 319 Å². The maximum Gasteiger partial charge on any atom is 0.435 e. The highest BCUT2D eigenvalue weighted by molar-refractivity contribution is 5.97. The number of carboxylic acids is 1. The fourth-order valence-electron chi connectivity index (χ4n) is 18.0. The van der Waals surface area contributed by atoms with Gasteiger partial charge in [-0.2, -0.15) is 54.8 Å². The van der Waals surface area contributed by atoms with E-state index >= 15 is 0 Å². The zero-order valence-corrected chi connectivity index (χ0v) is 76.4. The molecule has 138 heavy (non-hydrogen) atoms. The lowest BCUT2D eigenvalue weighted by molar-refractivity contribution is -0.143. The van der Waals surface area contributed by atoms with Crippen molar-refractivity contribution >= 4 is 35.1 Å². The van der Waals surface area contributed by atoms with Gasteiger partial charge in [0.25, 0.3) is 0 Å². The molecular weight excluding hydrogens is 1820 g/mol. The summed E-state index contributed by atoms with van der Waals surface area (Å²) in [5.41, 5.74) is 10.5. The Bertz CT molecular complexity index is 6280. The smallest absolute Gasteiger partial charge is 0.435 e. The predicted octanol–water partition coefficient (Wildman–Crippen LogP) is 20.8. The van der Waals surface area contributed by atoms with E-state index in [1.807, 2.05) is 39.2 Å². The molecule has 6 heterocycles. The number of rotatable bonds is 33. The summed E-state index contributed by atoms with van der Waals surface area (Å²) in [7, 11) is 9.16. The molecule has 0 fully saturated rings. The van der Waals surface area contributed by atoms with Crippen LogP contribution in [-0.4, -0.2) is 149 Å². The van der Waals surface area contributed by atoms with Gasteiger partial charge in [-0.3, -0.25) is 48.2 Å². The van der Waals surface area contributed by atoms with Crippen LogP contribution >= 0.6 is 0 Å². The van der Waals surface area contributed by atoms with Crippen molar-refractivity contribution in [3.63, 3.8) is 0 Å². The molecule has 3 aliphatic carbocycles. The molecule has 3 aliphatic rings. The Morgan fingerprint density at radius 3 is 1.01 bits per heavy atom. The molecular formula is C103H103F15N12O8. The van der Waals surface area contributed by atoms with E-state index in [9.17, 15) is 99.7 Å². The van der Waals surface area contributed by atoms with E-state index in [2.05, 4.69) is 35.1 Å². The van der Waals surface area contributed by atoms with E-state index in [0.717, 1.165) is 59.3 Å². The van der Waals surface area contributed by atoms with Crippen molar-refractivity contribution in [1.82, 2.24) is 54.1 Å².